The highest BCUT2D eigenvalue weighted by atomic mass is 19.1. The summed E-state index contributed by atoms with van der Waals surface area (Å²) in [7, 11) is 0. The second kappa shape index (κ2) is 4.07. The zero-order valence-electron chi connectivity index (χ0n) is 7.99. The van der Waals surface area contributed by atoms with Gasteiger partial charge in [-0.3, -0.25) is 4.90 Å². The van der Waals surface area contributed by atoms with Crippen LogP contribution in [0.2, 0.25) is 0 Å². The van der Waals surface area contributed by atoms with Crippen molar-refractivity contribution in [2.45, 2.75) is 19.1 Å². The monoisotopic (exact) mass is 195 g/mol. The molecule has 0 radical (unpaired) electrons. The number of likely N-dealkylation sites (tertiary alicyclic amines) is 1. The summed E-state index contributed by atoms with van der Waals surface area (Å²) in [6.07, 6.45) is 0.624. The fraction of sp³-hybridized carbons (Fsp3) is 0.455. The molecule has 1 aliphatic heterocycles. The zero-order chi connectivity index (χ0) is 9.97. The van der Waals surface area contributed by atoms with Gasteiger partial charge in [0, 0.05) is 19.6 Å². The molecule has 0 aliphatic carbocycles. The van der Waals surface area contributed by atoms with Crippen molar-refractivity contribution in [2.24, 2.45) is 0 Å². The van der Waals surface area contributed by atoms with E-state index in [9.17, 15) is 9.50 Å². The predicted molar refractivity (Wildman–Crippen MR) is 52.3 cm³/mol. The minimum atomic E-state index is -0.205. The first-order valence-corrected chi connectivity index (χ1v) is 4.89. The molecule has 3 heteroatoms. The molecule has 1 aromatic rings. The maximum absolute atomic E-state index is 12.8. The number of nitrogens with zero attached hydrogens (tertiary/aromatic N) is 1. The molecule has 2 rings (SSSR count). The summed E-state index contributed by atoms with van der Waals surface area (Å²) in [6.45, 7) is 2.34. The van der Waals surface area contributed by atoms with Gasteiger partial charge in [0.1, 0.15) is 5.82 Å². The molecule has 1 N–H and O–H groups in total. The normalized spacial score (nSPS) is 22.9. The van der Waals surface area contributed by atoms with Gasteiger partial charge in [0.2, 0.25) is 0 Å². The Morgan fingerprint density at radius 1 is 1.50 bits per heavy atom. The lowest BCUT2D eigenvalue weighted by atomic mass is 10.2. The lowest BCUT2D eigenvalue weighted by Crippen LogP contribution is -2.21. The van der Waals surface area contributed by atoms with Crippen LogP contribution >= 0.6 is 0 Å². The third-order valence-corrected chi connectivity index (χ3v) is 2.54. The van der Waals surface area contributed by atoms with Crippen molar-refractivity contribution in [2.75, 3.05) is 13.1 Å². The van der Waals surface area contributed by atoms with Crippen molar-refractivity contribution in [1.82, 2.24) is 4.90 Å². The van der Waals surface area contributed by atoms with E-state index in [0.29, 0.717) is 6.54 Å². The van der Waals surface area contributed by atoms with E-state index in [-0.39, 0.29) is 11.9 Å². The number of hydrogen-bond donors (Lipinski definition) is 1. The molecule has 0 bridgehead atoms. The Kier molecular flexibility index (Phi) is 2.79. The molecular weight excluding hydrogens is 181 g/mol. The standard InChI is InChI=1S/C11H14FNO/c12-10-3-1-2-9(6-10)7-13-5-4-11(14)8-13/h1-3,6,11,14H,4-5,7-8H2/t11-/m0/s1. The Labute approximate surface area is 83.0 Å². The van der Waals surface area contributed by atoms with E-state index in [4.69, 9.17) is 0 Å². The van der Waals surface area contributed by atoms with E-state index in [1.165, 1.54) is 6.07 Å². The molecule has 1 fully saturated rings. The maximum atomic E-state index is 12.8. The van der Waals surface area contributed by atoms with Gasteiger partial charge in [0.25, 0.3) is 0 Å². The Balaban J connectivity index is 1.97. The van der Waals surface area contributed by atoms with Crippen LogP contribution in [0.3, 0.4) is 0 Å². The van der Waals surface area contributed by atoms with E-state index < -0.39 is 0 Å². The summed E-state index contributed by atoms with van der Waals surface area (Å²) in [5.74, 6) is -0.192. The molecule has 1 aliphatic rings. The van der Waals surface area contributed by atoms with Gasteiger partial charge in [0.05, 0.1) is 6.10 Å². The van der Waals surface area contributed by atoms with Crippen LogP contribution in [-0.4, -0.2) is 29.2 Å². The average molecular weight is 195 g/mol. The Morgan fingerprint density at radius 3 is 3.00 bits per heavy atom. The quantitative estimate of drug-likeness (QED) is 0.771. The maximum Gasteiger partial charge on any atom is 0.123 e. The van der Waals surface area contributed by atoms with Crippen molar-refractivity contribution in [3.63, 3.8) is 0 Å². The Morgan fingerprint density at radius 2 is 2.36 bits per heavy atom. The lowest BCUT2D eigenvalue weighted by Gasteiger charge is -2.14. The summed E-state index contributed by atoms with van der Waals surface area (Å²) in [5, 5.41) is 9.32. The zero-order valence-corrected chi connectivity index (χ0v) is 7.99. The van der Waals surface area contributed by atoms with E-state index >= 15 is 0 Å². The van der Waals surface area contributed by atoms with E-state index in [1.54, 1.807) is 12.1 Å². The van der Waals surface area contributed by atoms with Gasteiger partial charge in [0.15, 0.2) is 0 Å². The van der Waals surface area contributed by atoms with Crippen LogP contribution in [0.1, 0.15) is 12.0 Å². The summed E-state index contributed by atoms with van der Waals surface area (Å²) in [4.78, 5) is 2.14. The molecule has 1 saturated heterocycles. The summed E-state index contributed by atoms with van der Waals surface area (Å²) in [5.41, 5.74) is 0.971. The fourth-order valence-electron chi connectivity index (χ4n) is 1.85. The van der Waals surface area contributed by atoms with Crippen molar-refractivity contribution in [3.05, 3.63) is 35.6 Å². The van der Waals surface area contributed by atoms with Gasteiger partial charge in [-0.05, 0) is 24.1 Å². The van der Waals surface area contributed by atoms with Crippen LogP contribution in [0.5, 0.6) is 0 Å². The van der Waals surface area contributed by atoms with E-state index in [0.717, 1.165) is 25.1 Å². The number of rotatable bonds is 2. The highest BCUT2D eigenvalue weighted by Crippen LogP contribution is 2.13. The topological polar surface area (TPSA) is 23.5 Å². The van der Waals surface area contributed by atoms with E-state index in [2.05, 4.69) is 4.90 Å². The van der Waals surface area contributed by atoms with Crippen LogP contribution in [0.25, 0.3) is 0 Å². The Bertz CT molecular complexity index is 316. The highest BCUT2D eigenvalue weighted by Gasteiger charge is 2.19. The molecule has 0 spiro atoms. The molecule has 1 heterocycles. The van der Waals surface area contributed by atoms with Gasteiger partial charge in [-0.25, -0.2) is 4.39 Å². The largest absolute Gasteiger partial charge is 0.392 e. The molecule has 0 aromatic heterocycles. The number of aliphatic hydroxyl groups is 1. The smallest absolute Gasteiger partial charge is 0.123 e. The first kappa shape index (κ1) is 9.62. The molecule has 76 valence electrons. The third kappa shape index (κ3) is 2.30. The first-order chi connectivity index (χ1) is 6.74. The summed E-state index contributed by atoms with van der Waals surface area (Å²) >= 11 is 0. The number of halogens is 1. The van der Waals surface area contributed by atoms with Crippen molar-refractivity contribution < 1.29 is 9.50 Å². The third-order valence-electron chi connectivity index (χ3n) is 2.54. The molecule has 1 aromatic carbocycles. The van der Waals surface area contributed by atoms with E-state index in [1.807, 2.05) is 6.07 Å². The molecule has 14 heavy (non-hydrogen) atoms. The number of hydrogen-bond acceptors (Lipinski definition) is 2. The van der Waals surface area contributed by atoms with Crippen LogP contribution in [-0.2, 0) is 6.54 Å². The second-order valence-electron chi connectivity index (χ2n) is 3.81. The van der Waals surface area contributed by atoms with Crippen LogP contribution in [0.4, 0.5) is 4.39 Å². The minimum Gasteiger partial charge on any atom is -0.392 e. The predicted octanol–water partition coefficient (Wildman–Crippen LogP) is 1.39. The fourth-order valence-corrected chi connectivity index (χ4v) is 1.85. The molecule has 0 amide bonds. The molecule has 0 saturated carbocycles. The molecule has 0 unspecified atom stereocenters. The summed E-state index contributed by atoms with van der Waals surface area (Å²) < 4.78 is 12.8. The molecular formula is C11H14FNO. The van der Waals surface area contributed by atoms with Gasteiger partial charge in [-0.1, -0.05) is 12.1 Å². The van der Waals surface area contributed by atoms with Crippen molar-refractivity contribution in [1.29, 1.82) is 0 Å². The van der Waals surface area contributed by atoms with Crippen LogP contribution < -0.4 is 0 Å². The number of benzene rings is 1. The van der Waals surface area contributed by atoms with Crippen LogP contribution in [0, 0.1) is 5.82 Å². The SMILES string of the molecule is O[C@H]1CCN(Cc2cccc(F)c2)C1. The number of β-amino-alcohol motifs (C(OH)–C–C–N with tert-alkyl or cyclic N) is 1. The van der Waals surface area contributed by atoms with Crippen molar-refractivity contribution >= 4 is 0 Å². The minimum absolute atomic E-state index is 0.192. The highest BCUT2D eigenvalue weighted by molar-refractivity contribution is 5.16. The number of aliphatic hydroxyl groups excluding tert-OH is 1. The summed E-state index contributed by atoms with van der Waals surface area (Å²) in [6, 6.07) is 6.62. The van der Waals surface area contributed by atoms with Gasteiger partial charge in [-0.2, -0.15) is 0 Å². The van der Waals surface area contributed by atoms with Gasteiger partial charge in [-0.15, -0.1) is 0 Å². The lowest BCUT2D eigenvalue weighted by molar-refractivity contribution is 0.175. The van der Waals surface area contributed by atoms with Crippen LogP contribution in [0.15, 0.2) is 24.3 Å². The Hall–Kier alpha value is -0.930. The second-order valence-corrected chi connectivity index (χ2v) is 3.81. The van der Waals surface area contributed by atoms with Gasteiger partial charge >= 0.3 is 0 Å². The molecule has 1 atom stereocenters. The first-order valence-electron chi connectivity index (χ1n) is 4.89. The van der Waals surface area contributed by atoms with Crippen molar-refractivity contribution in [3.8, 4) is 0 Å². The molecule has 2 nitrogen and oxygen atoms in total. The average Bonchev–Trinajstić information content (AvgIpc) is 2.51. The van der Waals surface area contributed by atoms with Gasteiger partial charge < -0.3 is 5.11 Å².